The Kier molecular flexibility index (Phi) is 4.58. The lowest BCUT2D eigenvalue weighted by atomic mass is 9.96. The topological polar surface area (TPSA) is 47.7 Å². The predicted octanol–water partition coefficient (Wildman–Crippen LogP) is 0.809. The lowest BCUT2D eigenvalue weighted by molar-refractivity contribution is -0.109. The van der Waals surface area contributed by atoms with Gasteiger partial charge in [-0.15, -0.1) is 0 Å². The quantitative estimate of drug-likeness (QED) is 0.773. The molecule has 2 N–H and O–H groups in total. The fourth-order valence-corrected chi connectivity index (χ4v) is 2.60. The second-order valence-corrected chi connectivity index (χ2v) is 4.81. The van der Waals surface area contributed by atoms with Gasteiger partial charge in [-0.3, -0.25) is 0 Å². The SMILES string of the molecule is CCN1CCC(C2OCC(CCN)O2)CC1. The fourth-order valence-electron chi connectivity index (χ4n) is 2.60. The van der Waals surface area contributed by atoms with Crippen molar-refractivity contribution in [3.05, 3.63) is 0 Å². The lowest BCUT2D eigenvalue weighted by Gasteiger charge is -2.33. The van der Waals surface area contributed by atoms with Crippen LogP contribution in [0.3, 0.4) is 0 Å². The molecule has 2 saturated heterocycles. The smallest absolute Gasteiger partial charge is 0.161 e. The summed E-state index contributed by atoms with van der Waals surface area (Å²) in [4.78, 5) is 2.49. The van der Waals surface area contributed by atoms with Crippen molar-refractivity contribution in [2.45, 2.75) is 38.6 Å². The zero-order valence-corrected chi connectivity index (χ0v) is 10.2. The first-order valence-electron chi connectivity index (χ1n) is 6.53. The minimum atomic E-state index is 0.0376. The lowest BCUT2D eigenvalue weighted by Crippen LogP contribution is -2.38. The van der Waals surface area contributed by atoms with E-state index >= 15 is 0 Å². The number of nitrogens with zero attached hydrogens (tertiary/aromatic N) is 1. The van der Waals surface area contributed by atoms with Crippen LogP contribution in [0.5, 0.6) is 0 Å². The Morgan fingerprint density at radius 3 is 2.69 bits per heavy atom. The Morgan fingerprint density at radius 2 is 2.06 bits per heavy atom. The van der Waals surface area contributed by atoms with Gasteiger partial charge in [0.25, 0.3) is 0 Å². The van der Waals surface area contributed by atoms with Gasteiger partial charge in [0.05, 0.1) is 12.7 Å². The Hall–Kier alpha value is -0.160. The molecule has 0 aromatic heterocycles. The summed E-state index contributed by atoms with van der Waals surface area (Å²) in [5.41, 5.74) is 5.53. The van der Waals surface area contributed by atoms with Gasteiger partial charge in [-0.2, -0.15) is 0 Å². The summed E-state index contributed by atoms with van der Waals surface area (Å²) in [6.07, 6.45) is 3.60. The molecule has 0 aromatic rings. The number of hydrogen-bond acceptors (Lipinski definition) is 4. The van der Waals surface area contributed by atoms with E-state index in [1.54, 1.807) is 0 Å². The molecule has 4 heteroatoms. The van der Waals surface area contributed by atoms with Gasteiger partial charge >= 0.3 is 0 Å². The number of piperidine rings is 1. The van der Waals surface area contributed by atoms with Crippen LogP contribution in [0.1, 0.15) is 26.2 Å². The first kappa shape index (κ1) is 12.3. The number of rotatable bonds is 4. The van der Waals surface area contributed by atoms with Crippen LogP contribution in [-0.4, -0.2) is 50.1 Å². The van der Waals surface area contributed by atoms with Crippen LogP contribution in [-0.2, 0) is 9.47 Å². The van der Waals surface area contributed by atoms with Crippen molar-refractivity contribution in [2.75, 3.05) is 32.8 Å². The van der Waals surface area contributed by atoms with Crippen LogP contribution in [0.25, 0.3) is 0 Å². The molecule has 0 saturated carbocycles. The first-order chi connectivity index (χ1) is 7.83. The highest BCUT2D eigenvalue weighted by Gasteiger charge is 2.33. The summed E-state index contributed by atoms with van der Waals surface area (Å²) in [7, 11) is 0. The maximum Gasteiger partial charge on any atom is 0.161 e. The third-order valence-electron chi connectivity index (χ3n) is 3.73. The summed E-state index contributed by atoms with van der Waals surface area (Å²) in [5.74, 6) is 0.588. The zero-order chi connectivity index (χ0) is 11.4. The average Bonchev–Trinajstić information content (AvgIpc) is 2.78. The van der Waals surface area contributed by atoms with Crippen molar-refractivity contribution in [1.82, 2.24) is 4.90 Å². The predicted molar refractivity (Wildman–Crippen MR) is 63.1 cm³/mol. The number of ether oxygens (including phenoxy) is 2. The minimum Gasteiger partial charge on any atom is -0.350 e. The van der Waals surface area contributed by atoms with E-state index in [-0.39, 0.29) is 12.4 Å². The van der Waals surface area contributed by atoms with Crippen LogP contribution < -0.4 is 5.73 Å². The van der Waals surface area contributed by atoms with Crippen molar-refractivity contribution in [2.24, 2.45) is 11.7 Å². The summed E-state index contributed by atoms with van der Waals surface area (Å²) in [6.45, 7) is 7.18. The molecule has 0 radical (unpaired) electrons. The molecule has 2 atom stereocenters. The van der Waals surface area contributed by atoms with Crippen molar-refractivity contribution >= 4 is 0 Å². The maximum atomic E-state index is 5.89. The highest BCUT2D eigenvalue weighted by atomic mass is 16.7. The second kappa shape index (κ2) is 5.96. The molecule has 2 rings (SSSR count). The number of hydrogen-bond donors (Lipinski definition) is 1. The van der Waals surface area contributed by atoms with Crippen LogP contribution in [0.4, 0.5) is 0 Å². The molecule has 2 heterocycles. The molecular weight excluding hydrogens is 204 g/mol. The van der Waals surface area contributed by atoms with Gasteiger partial charge in [0.2, 0.25) is 0 Å². The van der Waals surface area contributed by atoms with Gasteiger partial charge < -0.3 is 20.1 Å². The van der Waals surface area contributed by atoms with Gasteiger partial charge in [-0.05, 0) is 45.4 Å². The van der Waals surface area contributed by atoms with Crippen LogP contribution in [0.15, 0.2) is 0 Å². The van der Waals surface area contributed by atoms with E-state index in [0.717, 1.165) is 19.6 Å². The fraction of sp³-hybridized carbons (Fsp3) is 1.00. The van der Waals surface area contributed by atoms with E-state index in [0.29, 0.717) is 12.5 Å². The average molecular weight is 228 g/mol. The minimum absolute atomic E-state index is 0.0376. The first-order valence-corrected chi connectivity index (χ1v) is 6.53. The Morgan fingerprint density at radius 1 is 1.31 bits per heavy atom. The summed E-state index contributed by atoms with van der Waals surface area (Å²) in [5, 5.41) is 0. The van der Waals surface area contributed by atoms with Crippen LogP contribution in [0, 0.1) is 5.92 Å². The Labute approximate surface area is 98.1 Å². The van der Waals surface area contributed by atoms with Gasteiger partial charge in [0.1, 0.15) is 0 Å². The highest BCUT2D eigenvalue weighted by Crippen LogP contribution is 2.28. The second-order valence-electron chi connectivity index (χ2n) is 4.81. The van der Waals surface area contributed by atoms with E-state index < -0.39 is 0 Å². The highest BCUT2D eigenvalue weighted by molar-refractivity contribution is 4.77. The van der Waals surface area contributed by atoms with Crippen molar-refractivity contribution < 1.29 is 9.47 Å². The molecule has 2 aliphatic heterocycles. The van der Waals surface area contributed by atoms with E-state index in [1.807, 2.05) is 0 Å². The normalized spacial score (nSPS) is 33.4. The molecule has 0 aliphatic carbocycles. The monoisotopic (exact) mass is 228 g/mol. The van der Waals surface area contributed by atoms with E-state index in [2.05, 4.69) is 11.8 Å². The molecule has 2 aliphatic rings. The van der Waals surface area contributed by atoms with Gasteiger partial charge in [-0.1, -0.05) is 6.92 Å². The molecular formula is C12H24N2O2. The summed E-state index contributed by atoms with van der Waals surface area (Å²) in [6, 6.07) is 0. The van der Waals surface area contributed by atoms with Crippen molar-refractivity contribution in [1.29, 1.82) is 0 Å². The molecule has 0 bridgehead atoms. The molecule has 0 spiro atoms. The molecule has 0 amide bonds. The summed E-state index contributed by atoms with van der Waals surface area (Å²) < 4.78 is 11.6. The van der Waals surface area contributed by atoms with E-state index in [1.165, 1.54) is 25.9 Å². The van der Waals surface area contributed by atoms with Gasteiger partial charge in [0.15, 0.2) is 6.29 Å². The molecule has 4 nitrogen and oxygen atoms in total. The maximum absolute atomic E-state index is 5.89. The van der Waals surface area contributed by atoms with E-state index in [4.69, 9.17) is 15.2 Å². The van der Waals surface area contributed by atoms with Crippen LogP contribution in [0.2, 0.25) is 0 Å². The largest absolute Gasteiger partial charge is 0.350 e. The molecule has 94 valence electrons. The summed E-state index contributed by atoms with van der Waals surface area (Å²) >= 11 is 0. The Balaban J connectivity index is 1.73. The third-order valence-corrected chi connectivity index (χ3v) is 3.73. The van der Waals surface area contributed by atoms with Gasteiger partial charge in [-0.25, -0.2) is 0 Å². The van der Waals surface area contributed by atoms with Crippen LogP contribution >= 0.6 is 0 Å². The van der Waals surface area contributed by atoms with E-state index in [9.17, 15) is 0 Å². The molecule has 2 fully saturated rings. The number of nitrogens with two attached hydrogens (primary N) is 1. The van der Waals surface area contributed by atoms with Crippen molar-refractivity contribution in [3.8, 4) is 0 Å². The zero-order valence-electron chi connectivity index (χ0n) is 10.2. The molecule has 16 heavy (non-hydrogen) atoms. The molecule has 2 unspecified atom stereocenters. The van der Waals surface area contributed by atoms with Gasteiger partial charge in [0, 0.05) is 5.92 Å². The Bertz CT molecular complexity index is 205. The molecule has 0 aromatic carbocycles. The third kappa shape index (κ3) is 2.94. The van der Waals surface area contributed by atoms with Crippen molar-refractivity contribution in [3.63, 3.8) is 0 Å². The number of likely N-dealkylation sites (tertiary alicyclic amines) is 1. The standard InChI is InChI=1S/C12H24N2O2/c1-2-14-7-4-10(5-8-14)12-15-9-11(16-12)3-6-13/h10-12H,2-9,13H2,1H3.